The summed E-state index contributed by atoms with van der Waals surface area (Å²) < 4.78 is 11.2. The van der Waals surface area contributed by atoms with E-state index in [-0.39, 0.29) is 19.2 Å². The number of carbonyl (C=O) groups is 1. The van der Waals surface area contributed by atoms with Crippen molar-refractivity contribution in [1.82, 2.24) is 0 Å². The van der Waals surface area contributed by atoms with Gasteiger partial charge < -0.3 is 14.6 Å². The first-order chi connectivity index (χ1) is 27.2. The van der Waals surface area contributed by atoms with Crippen LogP contribution in [0.3, 0.4) is 0 Å². The lowest BCUT2D eigenvalue weighted by molar-refractivity contribution is -0.154. The van der Waals surface area contributed by atoms with E-state index in [1.807, 2.05) is 0 Å². The Kier molecular flexibility index (Phi) is 46.6. The Morgan fingerprint density at radius 2 is 0.764 bits per heavy atom. The average molecular weight is 769 g/mol. The monoisotopic (exact) mass is 769 g/mol. The predicted molar refractivity (Wildman–Crippen MR) is 242 cm³/mol. The molecule has 0 saturated heterocycles. The third kappa shape index (κ3) is 46.4. The van der Waals surface area contributed by atoms with E-state index in [0.717, 1.165) is 38.5 Å². The van der Waals surface area contributed by atoms with Crippen LogP contribution in [0, 0.1) is 0 Å². The molecule has 1 atom stereocenters. The van der Waals surface area contributed by atoms with E-state index < -0.39 is 6.10 Å². The molecule has 0 aliphatic heterocycles. The van der Waals surface area contributed by atoms with Crippen LogP contribution in [0.2, 0.25) is 0 Å². The summed E-state index contributed by atoms with van der Waals surface area (Å²) in [5.41, 5.74) is 0. The second-order valence-electron chi connectivity index (χ2n) is 15.8. The Bertz CT molecular complexity index is 900. The fraction of sp³-hybridized carbons (Fsp3) is 0.784. The van der Waals surface area contributed by atoms with Crippen molar-refractivity contribution in [3.05, 3.63) is 60.8 Å². The fourth-order valence-corrected chi connectivity index (χ4v) is 6.72. The highest BCUT2D eigenvalue weighted by Crippen LogP contribution is 2.14. The lowest BCUT2D eigenvalue weighted by Gasteiger charge is -2.16. The van der Waals surface area contributed by atoms with E-state index in [2.05, 4.69) is 74.6 Å². The van der Waals surface area contributed by atoms with Crippen LogP contribution >= 0.6 is 0 Å². The molecule has 0 aliphatic rings. The Morgan fingerprint density at radius 1 is 0.436 bits per heavy atom. The summed E-state index contributed by atoms with van der Waals surface area (Å²) in [4.78, 5) is 12.2. The van der Waals surface area contributed by atoms with Crippen molar-refractivity contribution in [1.29, 1.82) is 0 Å². The number of ether oxygens (including phenoxy) is 2. The molecule has 0 aliphatic carbocycles. The van der Waals surface area contributed by atoms with Gasteiger partial charge in [-0.05, 0) is 83.5 Å². The van der Waals surface area contributed by atoms with E-state index in [9.17, 15) is 9.90 Å². The smallest absolute Gasteiger partial charge is 0.306 e. The Hall–Kier alpha value is -1.91. The molecule has 1 unspecified atom stereocenters. The highest BCUT2D eigenvalue weighted by molar-refractivity contribution is 5.69. The zero-order chi connectivity index (χ0) is 39.8. The van der Waals surface area contributed by atoms with Gasteiger partial charge in [0.1, 0.15) is 6.10 Å². The summed E-state index contributed by atoms with van der Waals surface area (Å²) >= 11 is 0. The van der Waals surface area contributed by atoms with E-state index in [1.54, 1.807) is 0 Å². The molecule has 55 heavy (non-hydrogen) atoms. The number of aliphatic hydroxyl groups is 1. The van der Waals surface area contributed by atoms with Gasteiger partial charge in [-0.2, -0.15) is 0 Å². The number of esters is 1. The molecule has 0 aromatic heterocycles. The summed E-state index contributed by atoms with van der Waals surface area (Å²) in [6, 6.07) is 0. The molecule has 0 amide bonds. The molecule has 4 heteroatoms. The first kappa shape index (κ1) is 53.1. The molecule has 0 aromatic carbocycles. The maximum atomic E-state index is 12.2. The molecule has 1 N–H and O–H groups in total. The molecule has 4 nitrogen and oxygen atoms in total. The lowest BCUT2D eigenvalue weighted by atomic mass is 10.1. The summed E-state index contributed by atoms with van der Waals surface area (Å²) in [5, 5.41) is 9.63. The average Bonchev–Trinajstić information content (AvgIpc) is 3.19. The molecule has 0 saturated carbocycles. The van der Waals surface area contributed by atoms with Gasteiger partial charge in [0, 0.05) is 13.0 Å². The first-order valence-corrected chi connectivity index (χ1v) is 23.9. The van der Waals surface area contributed by atoms with Crippen LogP contribution < -0.4 is 0 Å². The number of hydrogen-bond acceptors (Lipinski definition) is 4. The second-order valence-corrected chi connectivity index (χ2v) is 15.8. The number of allylic oxidation sites excluding steroid dienone is 10. The summed E-state index contributed by atoms with van der Waals surface area (Å²) in [7, 11) is 0. The van der Waals surface area contributed by atoms with E-state index in [0.29, 0.717) is 13.0 Å². The first-order valence-electron chi connectivity index (χ1n) is 23.9. The minimum absolute atomic E-state index is 0.177. The highest BCUT2D eigenvalue weighted by Gasteiger charge is 2.13. The zero-order valence-electron chi connectivity index (χ0n) is 36.7. The lowest BCUT2D eigenvalue weighted by Crippen LogP contribution is -2.27. The van der Waals surface area contributed by atoms with Crippen LogP contribution in [-0.4, -0.2) is 37.0 Å². The number of rotatable bonds is 44. The van der Waals surface area contributed by atoms with Gasteiger partial charge in [-0.1, -0.05) is 203 Å². The fourth-order valence-electron chi connectivity index (χ4n) is 6.72. The van der Waals surface area contributed by atoms with Crippen molar-refractivity contribution in [2.24, 2.45) is 0 Å². The molecule has 0 radical (unpaired) electrons. The van der Waals surface area contributed by atoms with Crippen molar-refractivity contribution in [3.8, 4) is 0 Å². The van der Waals surface area contributed by atoms with Gasteiger partial charge in [0.2, 0.25) is 0 Å². The molecule has 0 heterocycles. The Labute approximate surface area is 343 Å². The van der Waals surface area contributed by atoms with Gasteiger partial charge in [-0.25, -0.2) is 0 Å². The third-order valence-electron chi connectivity index (χ3n) is 10.3. The number of unbranched alkanes of at least 4 members (excludes halogenated alkanes) is 26. The summed E-state index contributed by atoms with van der Waals surface area (Å²) in [6.45, 7) is 5.31. The maximum Gasteiger partial charge on any atom is 0.306 e. The maximum absolute atomic E-state index is 12.2. The van der Waals surface area contributed by atoms with Crippen LogP contribution in [0.5, 0.6) is 0 Å². The topological polar surface area (TPSA) is 55.8 Å². The van der Waals surface area contributed by atoms with Gasteiger partial charge in [0.15, 0.2) is 0 Å². The van der Waals surface area contributed by atoms with Gasteiger partial charge in [0.05, 0.1) is 13.2 Å². The summed E-state index contributed by atoms with van der Waals surface area (Å²) in [6.07, 6.45) is 64.4. The number of hydrogen-bond donors (Lipinski definition) is 1. The zero-order valence-corrected chi connectivity index (χ0v) is 36.7. The number of carbonyl (C=O) groups excluding carboxylic acids is 1. The van der Waals surface area contributed by atoms with Crippen molar-refractivity contribution < 1.29 is 19.4 Å². The Morgan fingerprint density at radius 3 is 1.18 bits per heavy atom. The Balaban J connectivity index is 3.44. The largest absolute Gasteiger partial charge is 0.457 e. The molecule has 0 bridgehead atoms. The molecule has 0 aromatic rings. The van der Waals surface area contributed by atoms with Crippen molar-refractivity contribution >= 4 is 5.97 Å². The third-order valence-corrected chi connectivity index (χ3v) is 10.3. The minimum atomic E-state index is -0.542. The van der Waals surface area contributed by atoms with Crippen LogP contribution in [0.4, 0.5) is 0 Å². The highest BCUT2D eigenvalue weighted by atomic mass is 16.6. The van der Waals surface area contributed by atoms with Crippen LogP contribution in [0.25, 0.3) is 0 Å². The summed E-state index contributed by atoms with van der Waals surface area (Å²) in [5.74, 6) is -0.209. The minimum Gasteiger partial charge on any atom is -0.457 e. The van der Waals surface area contributed by atoms with Crippen LogP contribution in [-0.2, 0) is 14.3 Å². The number of aliphatic hydroxyl groups excluding tert-OH is 1. The SMILES string of the molecule is CCCCC/C=C\C/C=C\CCCCCCCCCC(=O)OC(CO)COCCCCCCCCCCCCC/C=C\C/C=C\C/C=C\CCCCCCC. The van der Waals surface area contributed by atoms with E-state index >= 15 is 0 Å². The van der Waals surface area contributed by atoms with E-state index in [4.69, 9.17) is 9.47 Å². The second kappa shape index (κ2) is 48.2. The van der Waals surface area contributed by atoms with Gasteiger partial charge in [-0.15, -0.1) is 0 Å². The van der Waals surface area contributed by atoms with Gasteiger partial charge in [0.25, 0.3) is 0 Å². The standard InChI is InChI=1S/C51H92O4/c1-3-5-7-9-11-13-15-17-19-21-22-23-24-25-26-27-28-29-31-33-35-37-39-41-43-45-47-54-49-50(48-52)55-51(53)46-44-42-40-38-36-34-32-30-20-18-16-14-12-10-8-6-4-2/h12,14-15,17-18,20-22,24-25,50,52H,3-11,13,16,19,23,26-49H2,1-2H3/b14-12-,17-15-,20-18-,22-21-,25-24-. The molecule has 0 spiro atoms. The van der Waals surface area contributed by atoms with Gasteiger partial charge >= 0.3 is 5.97 Å². The van der Waals surface area contributed by atoms with E-state index in [1.165, 1.54) is 173 Å². The molecular formula is C51H92O4. The van der Waals surface area contributed by atoms with Crippen molar-refractivity contribution in [2.45, 2.75) is 238 Å². The molecule has 320 valence electrons. The van der Waals surface area contributed by atoms with Gasteiger partial charge in [-0.3, -0.25) is 4.79 Å². The predicted octanol–water partition coefficient (Wildman–Crippen LogP) is 16.0. The normalized spacial score (nSPS) is 12.9. The van der Waals surface area contributed by atoms with Crippen LogP contribution in [0.1, 0.15) is 232 Å². The molecule has 0 rings (SSSR count). The molecular weight excluding hydrogens is 677 g/mol. The van der Waals surface area contributed by atoms with Crippen LogP contribution in [0.15, 0.2) is 60.8 Å². The van der Waals surface area contributed by atoms with Crippen molar-refractivity contribution in [2.75, 3.05) is 19.8 Å². The van der Waals surface area contributed by atoms with Crippen molar-refractivity contribution in [3.63, 3.8) is 0 Å². The molecule has 0 fully saturated rings. The quantitative estimate of drug-likeness (QED) is 0.0381.